The van der Waals surface area contributed by atoms with Gasteiger partial charge in [0.2, 0.25) is 0 Å². The molecule has 4 nitrogen and oxygen atoms in total. The topological polar surface area (TPSA) is 68.9 Å². The molecule has 2 heterocycles. The lowest BCUT2D eigenvalue weighted by Gasteiger charge is -2.05. The first-order valence-corrected chi connectivity index (χ1v) is 6.31. The van der Waals surface area contributed by atoms with Crippen molar-refractivity contribution in [3.63, 3.8) is 0 Å². The maximum absolute atomic E-state index is 12.4. The van der Waals surface area contributed by atoms with E-state index in [2.05, 4.69) is 9.97 Å². The highest BCUT2D eigenvalue weighted by Crippen LogP contribution is 2.18. The number of ketones is 1. The third kappa shape index (κ3) is 2.36. The standard InChI is InChI=1S/C16H13N3O/c17-15-10-11(5-7-18-15)9-14(20)16-13-4-2-1-3-12(13)6-8-19-16/h1-8,10H,9H2,(H2,17,18). The number of benzene rings is 1. The van der Waals surface area contributed by atoms with Crippen LogP contribution < -0.4 is 5.73 Å². The zero-order valence-electron chi connectivity index (χ0n) is 10.8. The Hall–Kier alpha value is -2.75. The van der Waals surface area contributed by atoms with Gasteiger partial charge in [-0.1, -0.05) is 24.3 Å². The third-order valence-corrected chi connectivity index (χ3v) is 3.15. The van der Waals surface area contributed by atoms with Crippen LogP contribution in [0.3, 0.4) is 0 Å². The average molecular weight is 263 g/mol. The number of hydrogen-bond acceptors (Lipinski definition) is 4. The molecule has 0 aliphatic carbocycles. The van der Waals surface area contributed by atoms with Crippen molar-refractivity contribution in [1.29, 1.82) is 0 Å². The summed E-state index contributed by atoms with van der Waals surface area (Å²) < 4.78 is 0. The number of pyridine rings is 2. The number of aromatic nitrogens is 2. The number of Topliss-reactive ketones (excluding diaryl/α,β-unsaturated/α-hetero) is 1. The SMILES string of the molecule is Nc1cc(CC(=O)c2nccc3ccccc23)ccn1. The van der Waals surface area contributed by atoms with Crippen molar-refractivity contribution in [2.45, 2.75) is 6.42 Å². The summed E-state index contributed by atoms with van der Waals surface area (Å²) in [6.07, 6.45) is 3.54. The van der Waals surface area contributed by atoms with Gasteiger partial charge in [0.15, 0.2) is 5.78 Å². The number of nitrogens with zero attached hydrogens (tertiary/aromatic N) is 2. The van der Waals surface area contributed by atoms with Gasteiger partial charge in [0.05, 0.1) is 0 Å². The van der Waals surface area contributed by atoms with Gasteiger partial charge in [-0.15, -0.1) is 0 Å². The van der Waals surface area contributed by atoms with Gasteiger partial charge in [0, 0.05) is 24.2 Å². The predicted octanol–water partition coefficient (Wildman–Crippen LogP) is 2.64. The highest BCUT2D eigenvalue weighted by atomic mass is 16.1. The van der Waals surface area contributed by atoms with Crippen molar-refractivity contribution < 1.29 is 4.79 Å². The first-order valence-electron chi connectivity index (χ1n) is 6.31. The smallest absolute Gasteiger partial charge is 0.186 e. The fourth-order valence-corrected chi connectivity index (χ4v) is 2.22. The van der Waals surface area contributed by atoms with Crippen LogP contribution in [0.1, 0.15) is 16.1 Å². The number of nitrogen functional groups attached to an aromatic ring is 1. The number of carbonyl (C=O) groups is 1. The van der Waals surface area contributed by atoms with Gasteiger partial charge in [-0.2, -0.15) is 0 Å². The van der Waals surface area contributed by atoms with E-state index in [9.17, 15) is 4.79 Å². The Balaban J connectivity index is 1.97. The molecule has 0 aliphatic heterocycles. The molecule has 2 N–H and O–H groups in total. The minimum absolute atomic E-state index is 0.0209. The lowest BCUT2D eigenvalue weighted by atomic mass is 10.0. The maximum atomic E-state index is 12.4. The van der Waals surface area contributed by atoms with Gasteiger partial charge in [0.25, 0.3) is 0 Å². The minimum atomic E-state index is -0.0209. The minimum Gasteiger partial charge on any atom is -0.384 e. The summed E-state index contributed by atoms with van der Waals surface area (Å²) in [5, 5.41) is 1.89. The van der Waals surface area contributed by atoms with Crippen LogP contribution in [-0.4, -0.2) is 15.8 Å². The number of rotatable bonds is 3. The fraction of sp³-hybridized carbons (Fsp3) is 0.0625. The lowest BCUT2D eigenvalue weighted by Crippen LogP contribution is -2.07. The van der Waals surface area contributed by atoms with Gasteiger partial charge >= 0.3 is 0 Å². The van der Waals surface area contributed by atoms with E-state index in [1.807, 2.05) is 30.3 Å². The van der Waals surface area contributed by atoms with Crippen molar-refractivity contribution in [3.8, 4) is 0 Å². The van der Waals surface area contributed by atoms with E-state index < -0.39 is 0 Å². The van der Waals surface area contributed by atoms with Crippen LogP contribution >= 0.6 is 0 Å². The Morgan fingerprint density at radius 2 is 1.85 bits per heavy atom. The van der Waals surface area contributed by atoms with Crippen molar-refractivity contribution in [1.82, 2.24) is 9.97 Å². The van der Waals surface area contributed by atoms with E-state index in [1.165, 1.54) is 0 Å². The Labute approximate surface area is 116 Å². The van der Waals surface area contributed by atoms with E-state index in [1.54, 1.807) is 24.5 Å². The van der Waals surface area contributed by atoms with Crippen LogP contribution in [0.2, 0.25) is 0 Å². The van der Waals surface area contributed by atoms with Crippen molar-refractivity contribution in [2.24, 2.45) is 0 Å². The molecule has 0 saturated carbocycles. The van der Waals surface area contributed by atoms with Gasteiger partial charge < -0.3 is 5.73 Å². The molecule has 2 aromatic heterocycles. The summed E-state index contributed by atoms with van der Waals surface area (Å²) in [5.41, 5.74) is 6.97. The van der Waals surface area contributed by atoms with Crippen LogP contribution in [-0.2, 0) is 6.42 Å². The summed E-state index contributed by atoms with van der Waals surface area (Å²) in [6, 6.07) is 13.1. The molecular formula is C16H13N3O. The van der Waals surface area contributed by atoms with Gasteiger partial charge in [0.1, 0.15) is 11.5 Å². The lowest BCUT2D eigenvalue weighted by molar-refractivity contribution is 0.0990. The molecule has 0 spiro atoms. The van der Waals surface area contributed by atoms with E-state index in [-0.39, 0.29) is 12.2 Å². The number of anilines is 1. The zero-order valence-corrected chi connectivity index (χ0v) is 10.8. The second-order valence-electron chi connectivity index (χ2n) is 4.57. The predicted molar refractivity (Wildman–Crippen MR) is 78.4 cm³/mol. The molecule has 0 unspecified atom stereocenters. The van der Waals surface area contributed by atoms with Gasteiger partial charge in [-0.05, 0) is 29.1 Å². The van der Waals surface area contributed by atoms with E-state index in [4.69, 9.17) is 5.73 Å². The third-order valence-electron chi connectivity index (χ3n) is 3.15. The molecule has 0 bridgehead atoms. The molecule has 3 rings (SSSR count). The Morgan fingerprint density at radius 3 is 2.70 bits per heavy atom. The quantitative estimate of drug-likeness (QED) is 0.737. The molecule has 98 valence electrons. The monoisotopic (exact) mass is 263 g/mol. The first-order chi connectivity index (χ1) is 9.74. The Bertz CT molecular complexity index is 778. The van der Waals surface area contributed by atoms with Crippen molar-refractivity contribution in [3.05, 3.63) is 66.1 Å². The van der Waals surface area contributed by atoms with Crippen LogP contribution in [0.15, 0.2) is 54.9 Å². The summed E-state index contributed by atoms with van der Waals surface area (Å²) in [6.45, 7) is 0. The maximum Gasteiger partial charge on any atom is 0.186 e. The summed E-state index contributed by atoms with van der Waals surface area (Å²) in [4.78, 5) is 20.6. The number of fused-ring (bicyclic) bond motifs is 1. The normalized spacial score (nSPS) is 10.6. The summed E-state index contributed by atoms with van der Waals surface area (Å²) in [5.74, 6) is 0.397. The molecule has 0 saturated heterocycles. The Kier molecular flexibility index (Phi) is 3.13. The number of nitrogens with two attached hydrogens (primary N) is 1. The summed E-state index contributed by atoms with van der Waals surface area (Å²) >= 11 is 0. The van der Waals surface area contributed by atoms with Crippen LogP contribution in [0.5, 0.6) is 0 Å². The highest BCUT2D eigenvalue weighted by molar-refractivity contribution is 6.07. The molecule has 20 heavy (non-hydrogen) atoms. The number of hydrogen-bond donors (Lipinski definition) is 1. The van der Waals surface area contributed by atoms with E-state index in [0.29, 0.717) is 11.5 Å². The van der Waals surface area contributed by atoms with Gasteiger partial charge in [-0.3, -0.25) is 9.78 Å². The molecule has 3 aromatic rings. The molecule has 4 heteroatoms. The first kappa shape index (κ1) is 12.3. The second-order valence-corrected chi connectivity index (χ2v) is 4.57. The highest BCUT2D eigenvalue weighted by Gasteiger charge is 2.12. The molecule has 1 aromatic carbocycles. The molecule has 0 atom stereocenters. The van der Waals surface area contributed by atoms with Crippen LogP contribution in [0, 0.1) is 0 Å². The second kappa shape index (κ2) is 5.09. The average Bonchev–Trinajstić information content (AvgIpc) is 2.46. The van der Waals surface area contributed by atoms with E-state index >= 15 is 0 Å². The molecule has 0 fully saturated rings. The molecule has 0 radical (unpaired) electrons. The van der Waals surface area contributed by atoms with E-state index in [0.717, 1.165) is 16.3 Å². The van der Waals surface area contributed by atoms with Crippen LogP contribution in [0.4, 0.5) is 5.82 Å². The molecule has 0 amide bonds. The van der Waals surface area contributed by atoms with Gasteiger partial charge in [-0.25, -0.2) is 4.98 Å². The molecule has 0 aliphatic rings. The van der Waals surface area contributed by atoms with Crippen LogP contribution in [0.25, 0.3) is 10.8 Å². The fourth-order valence-electron chi connectivity index (χ4n) is 2.22. The number of carbonyl (C=O) groups excluding carboxylic acids is 1. The Morgan fingerprint density at radius 1 is 1.05 bits per heavy atom. The van der Waals surface area contributed by atoms with Crippen molar-refractivity contribution >= 4 is 22.4 Å². The summed E-state index contributed by atoms with van der Waals surface area (Å²) in [7, 11) is 0. The largest absolute Gasteiger partial charge is 0.384 e. The zero-order chi connectivity index (χ0) is 13.9. The van der Waals surface area contributed by atoms with Crippen molar-refractivity contribution in [2.75, 3.05) is 5.73 Å². The molecular weight excluding hydrogens is 250 g/mol.